The van der Waals surface area contributed by atoms with E-state index in [0.717, 1.165) is 5.56 Å². The Morgan fingerprint density at radius 1 is 1.12 bits per heavy atom. The van der Waals surface area contributed by atoms with E-state index in [9.17, 15) is 19.7 Å². The van der Waals surface area contributed by atoms with Crippen LogP contribution >= 0.6 is 23.2 Å². The van der Waals surface area contributed by atoms with Gasteiger partial charge in [0.25, 0.3) is 0 Å². The number of carbonyl (C=O) groups is 2. The molecule has 0 aliphatic heterocycles. The van der Waals surface area contributed by atoms with Crippen LogP contribution in [0, 0.1) is 10.1 Å². The fourth-order valence-electron chi connectivity index (χ4n) is 4.89. The molecule has 3 aromatic heterocycles. The van der Waals surface area contributed by atoms with E-state index in [4.69, 9.17) is 33.7 Å². The molecule has 260 valence electrons. The highest BCUT2D eigenvalue weighted by molar-refractivity contribution is 6.32. The van der Waals surface area contributed by atoms with E-state index in [1.165, 1.54) is 30.2 Å². The first kappa shape index (κ1) is 37.7. The van der Waals surface area contributed by atoms with Crippen LogP contribution in [-0.2, 0) is 25.0 Å². The maximum atomic E-state index is 12.8. The number of amides is 2. The van der Waals surface area contributed by atoms with Gasteiger partial charge in [-0.1, -0.05) is 35.3 Å². The van der Waals surface area contributed by atoms with Crippen molar-refractivity contribution in [1.82, 2.24) is 24.5 Å². The fraction of sp³-hybridized carbons (Fsp3) is 0.188. The standard InChI is InChI=1S/C32H30Cl2N10O5.BrH/c1-42-25(31(43(47)48)41-32(42)29(35)46)16-44(2,3)11-5-8-28(45)40-27-14-22-24(15-36-27)37-18-38-30(22)39-21-9-10-26(23(34)13-21)49-17-19-6-4-7-20(33)12-19;/h4-10,12-15,18H,11,16-17H2,1-3H3,(H3-,35,36,37,38,39,40,41,45,46);1H/b8-5+;. The summed E-state index contributed by atoms with van der Waals surface area (Å²) in [6.07, 6.45) is 5.89. The second-order valence-electron chi connectivity index (χ2n) is 11.6. The maximum absolute atomic E-state index is 12.8. The molecular weight excluding hydrogens is 755 g/mol. The van der Waals surface area contributed by atoms with E-state index in [0.29, 0.717) is 51.4 Å². The minimum absolute atomic E-state index is 0. The van der Waals surface area contributed by atoms with Crippen LogP contribution in [0.15, 0.2) is 73.2 Å². The van der Waals surface area contributed by atoms with Crippen LogP contribution in [0.2, 0.25) is 10.0 Å². The lowest BCUT2D eigenvalue weighted by atomic mass is 10.2. The van der Waals surface area contributed by atoms with Crippen molar-refractivity contribution in [3.63, 3.8) is 0 Å². The quantitative estimate of drug-likeness (QED) is 0.0690. The lowest BCUT2D eigenvalue weighted by molar-refractivity contribution is -0.898. The third-order valence-corrected chi connectivity index (χ3v) is 7.81. The van der Waals surface area contributed by atoms with Gasteiger partial charge in [-0.2, -0.15) is 0 Å². The van der Waals surface area contributed by atoms with Crippen molar-refractivity contribution in [3.8, 4) is 5.75 Å². The molecule has 2 amide bonds. The number of hydrogen-bond donors (Lipinski definition) is 3. The summed E-state index contributed by atoms with van der Waals surface area (Å²) in [6, 6.07) is 14.3. The van der Waals surface area contributed by atoms with Gasteiger partial charge in [0, 0.05) is 29.2 Å². The average Bonchev–Trinajstić information content (AvgIpc) is 3.36. The van der Waals surface area contributed by atoms with Crippen molar-refractivity contribution in [3.05, 3.63) is 110 Å². The highest BCUT2D eigenvalue weighted by Crippen LogP contribution is 2.31. The molecule has 2 aromatic carbocycles. The summed E-state index contributed by atoms with van der Waals surface area (Å²) < 4.78 is 7.39. The van der Waals surface area contributed by atoms with Gasteiger partial charge in [0.15, 0.2) is 5.69 Å². The van der Waals surface area contributed by atoms with Crippen LogP contribution in [0.3, 0.4) is 0 Å². The monoisotopic (exact) mass is 784 g/mol. The number of benzene rings is 2. The Bertz CT molecular complexity index is 2110. The van der Waals surface area contributed by atoms with Crippen LogP contribution in [0.1, 0.15) is 21.9 Å². The first-order valence-electron chi connectivity index (χ1n) is 14.6. The summed E-state index contributed by atoms with van der Waals surface area (Å²) in [4.78, 5) is 52.1. The number of primary amides is 1. The minimum Gasteiger partial charge on any atom is -1.00 e. The first-order valence-corrected chi connectivity index (χ1v) is 15.4. The largest absolute Gasteiger partial charge is 1.00 e. The second kappa shape index (κ2) is 16.0. The number of nitrogens with two attached hydrogens (primary N) is 1. The summed E-state index contributed by atoms with van der Waals surface area (Å²) in [5, 5.41) is 19.1. The second-order valence-corrected chi connectivity index (χ2v) is 12.4. The number of quaternary nitrogens is 1. The van der Waals surface area contributed by atoms with E-state index in [2.05, 4.69) is 30.6 Å². The van der Waals surface area contributed by atoms with Crippen molar-refractivity contribution < 1.29 is 40.7 Å². The van der Waals surface area contributed by atoms with Crippen molar-refractivity contribution in [1.29, 1.82) is 0 Å². The van der Waals surface area contributed by atoms with Crippen LogP contribution in [0.5, 0.6) is 5.75 Å². The SMILES string of the molecule is Cn1c(C(N)=O)nc([N+](=O)[O-])c1C[N+](C)(C)C/C=C/C(=O)Nc1cc2c(Nc3ccc(OCc4cccc(Cl)c4)c(Cl)c3)ncnc2cn1.[Br-]. The molecule has 0 saturated heterocycles. The number of nitro groups is 1. The zero-order chi connectivity index (χ0) is 35.3. The molecule has 0 radical (unpaired) electrons. The van der Waals surface area contributed by atoms with Crippen molar-refractivity contribution in [2.75, 3.05) is 31.3 Å². The molecule has 0 bridgehead atoms. The Kier molecular flexibility index (Phi) is 12.1. The number of anilines is 3. The number of hydrogen-bond acceptors (Lipinski definition) is 10. The summed E-state index contributed by atoms with van der Waals surface area (Å²) in [6.45, 7) is 0.763. The van der Waals surface area contributed by atoms with Gasteiger partial charge in [0.05, 0.1) is 37.4 Å². The van der Waals surface area contributed by atoms with Gasteiger partial charge in [0.1, 0.15) is 36.9 Å². The summed E-state index contributed by atoms with van der Waals surface area (Å²) in [7, 11) is 5.13. The van der Waals surface area contributed by atoms with E-state index in [1.807, 2.05) is 32.3 Å². The molecule has 4 N–H and O–H groups in total. The Morgan fingerprint density at radius 2 is 1.90 bits per heavy atom. The van der Waals surface area contributed by atoms with Crippen molar-refractivity contribution >= 4 is 69.1 Å². The smallest absolute Gasteiger partial charge is 0.391 e. The predicted molar refractivity (Wildman–Crippen MR) is 185 cm³/mol. The number of likely N-dealkylation sites (N-methyl/N-ethyl adjacent to an activating group) is 1. The molecule has 0 unspecified atom stereocenters. The Hall–Kier alpha value is -5.16. The van der Waals surface area contributed by atoms with E-state index < -0.39 is 22.6 Å². The number of halogens is 3. The topological polar surface area (TPSA) is 193 Å². The van der Waals surface area contributed by atoms with E-state index in [-0.39, 0.29) is 45.3 Å². The summed E-state index contributed by atoms with van der Waals surface area (Å²) in [5.41, 5.74) is 7.64. The molecule has 18 heteroatoms. The molecule has 0 aliphatic carbocycles. The van der Waals surface area contributed by atoms with Crippen LogP contribution in [-0.4, -0.2) is 66.4 Å². The van der Waals surface area contributed by atoms with Gasteiger partial charge in [0.2, 0.25) is 5.91 Å². The molecule has 0 atom stereocenters. The number of imidazole rings is 1. The predicted octanol–water partition coefficient (Wildman–Crippen LogP) is 2.17. The van der Waals surface area contributed by atoms with Gasteiger partial charge >= 0.3 is 17.5 Å². The number of aromatic nitrogens is 5. The lowest BCUT2D eigenvalue weighted by Gasteiger charge is -2.28. The number of fused-ring (bicyclic) bond motifs is 1. The molecule has 0 saturated carbocycles. The van der Waals surface area contributed by atoms with Gasteiger partial charge in [-0.25, -0.2) is 15.0 Å². The molecule has 5 rings (SSSR count). The third kappa shape index (κ3) is 9.29. The van der Waals surface area contributed by atoms with E-state index in [1.54, 1.807) is 36.4 Å². The molecule has 15 nitrogen and oxygen atoms in total. The molecule has 50 heavy (non-hydrogen) atoms. The fourth-order valence-corrected chi connectivity index (χ4v) is 5.34. The zero-order valence-electron chi connectivity index (χ0n) is 26.9. The number of nitrogens with one attached hydrogen (secondary N) is 2. The van der Waals surface area contributed by atoms with Crippen LogP contribution < -0.4 is 38.1 Å². The van der Waals surface area contributed by atoms with Gasteiger partial charge in [-0.3, -0.25) is 14.2 Å². The van der Waals surface area contributed by atoms with E-state index >= 15 is 0 Å². The van der Waals surface area contributed by atoms with Gasteiger partial charge in [-0.05, 0) is 57.9 Å². The van der Waals surface area contributed by atoms with Crippen LogP contribution in [0.4, 0.5) is 23.1 Å². The molecule has 0 spiro atoms. The lowest BCUT2D eigenvalue weighted by Crippen LogP contribution is -3.00. The molecule has 0 fully saturated rings. The van der Waals surface area contributed by atoms with Crippen molar-refractivity contribution in [2.24, 2.45) is 12.8 Å². The van der Waals surface area contributed by atoms with Crippen molar-refractivity contribution in [2.45, 2.75) is 13.2 Å². The molecule has 0 aliphatic rings. The van der Waals surface area contributed by atoms with Gasteiger partial charge < -0.3 is 52.7 Å². The minimum atomic E-state index is -0.870. The Labute approximate surface area is 306 Å². The van der Waals surface area contributed by atoms with Crippen LogP contribution in [0.25, 0.3) is 10.9 Å². The highest BCUT2D eigenvalue weighted by Gasteiger charge is 2.32. The molecule has 5 aromatic rings. The summed E-state index contributed by atoms with van der Waals surface area (Å²) >= 11 is 12.6. The third-order valence-electron chi connectivity index (χ3n) is 7.28. The Morgan fingerprint density at radius 3 is 2.60 bits per heavy atom. The first-order chi connectivity index (χ1) is 23.3. The summed E-state index contributed by atoms with van der Waals surface area (Å²) in [5.74, 6) is -0.735. The number of nitrogens with zero attached hydrogens (tertiary/aromatic N) is 7. The Balaban J connectivity index is 0.00000562. The number of carbonyl (C=O) groups excluding carboxylic acids is 2. The molecular formula is C32H31BrCl2N10O5. The maximum Gasteiger partial charge on any atom is 0.391 e. The average molecular weight is 786 g/mol. The number of pyridine rings is 1. The zero-order valence-corrected chi connectivity index (χ0v) is 30.0. The molecule has 3 heterocycles. The van der Waals surface area contributed by atoms with Gasteiger partial charge in [-0.15, -0.1) is 0 Å². The normalized spacial score (nSPS) is 11.3. The number of ether oxygens (including phenoxy) is 1. The highest BCUT2D eigenvalue weighted by atomic mass is 79.9. The number of rotatable bonds is 13.